The highest BCUT2D eigenvalue weighted by atomic mass is 19.1. The van der Waals surface area contributed by atoms with Gasteiger partial charge in [-0.1, -0.05) is 12.1 Å². The Bertz CT molecular complexity index is 319. The fourth-order valence-electron chi connectivity index (χ4n) is 1.08. The van der Waals surface area contributed by atoms with Gasteiger partial charge in [0.15, 0.2) is 0 Å². The van der Waals surface area contributed by atoms with E-state index in [2.05, 4.69) is 6.07 Å². The number of nitriles is 1. The zero-order valence-corrected chi connectivity index (χ0v) is 7.87. The van der Waals surface area contributed by atoms with Crippen LogP contribution in [0, 0.1) is 11.3 Å². The fraction of sp³-hybridized carbons (Fsp3) is 0.364. The molecule has 0 N–H and O–H groups in total. The summed E-state index contributed by atoms with van der Waals surface area (Å²) in [4.78, 5) is 0. The molecule has 1 aromatic carbocycles. The van der Waals surface area contributed by atoms with Crippen LogP contribution in [0.3, 0.4) is 0 Å². The lowest BCUT2D eigenvalue weighted by Crippen LogP contribution is -1.98. The Balaban J connectivity index is 2.51. The molecule has 0 aliphatic heterocycles. The van der Waals surface area contributed by atoms with Gasteiger partial charge < -0.3 is 4.74 Å². The van der Waals surface area contributed by atoms with E-state index in [1.165, 1.54) is 0 Å². The van der Waals surface area contributed by atoms with Crippen LogP contribution in [0.5, 0.6) is 5.75 Å². The lowest BCUT2D eigenvalue weighted by Gasteiger charge is -2.05. The third-order valence-electron chi connectivity index (χ3n) is 1.73. The number of nitrogens with zero attached hydrogens (tertiary/aromatic N) is 1. The first-order valence-corrected chi connectivity index (χ1v) is 4.51. The molecule has 0 unspecified atom stereocenters. The Kier molecular flexibility index (Phi) is 4.49. The Morgan fingerprint density at radius 1 is 1.43 bits per heavy atom. The fourth-order valence-corrected chi connectivity index (χ4v) is 1.08. The second kappa shape index (κ2) is 5.98. The predicted molar refractivity (Wildman–Crippen MR) is 51.8 cm³/mol. The predicted octanol–water partition coefficient (Wildman–Crippen LogP) is 2.49. The number of rotatable bonds is 5. The molecule has 74 valence electrons. The Hall–Kier alpha value is -1.56. The highest BCUT2D eigenvalue weighted by Gasteiger charge is 1.96. The van der Waals surface area contributed by atoms with Crippen molar-refractivity contribution >= 4 is 0 Å². The van der Waals surface area contributed by atoms with E-state index < -0.39 is 0 Å². The molecule has 0 aliphatic rings. The van der Waals surface area contributed by atoms with Crippen LogP contribution in [-0.4, -0.2) is 13.3 Å². The highest BCUT2D eigenvalue weighted by molar-refractivity contribution is 5.29. The molecule has 3 heteroatoms. The summed E-state index contributed by atoms with van der Waals surface area (Å²) in [7, 11) is 0. The van der Waals surface area contributed by atoms with Crippen LogP contribution in [0.25, 0.3) is 0 Å². The molecule has 0 aromatic heterocycles. The normalized spacial score (nSPS) is 9.43. The Labute approximate surface area is 82.9 Å². The van der Waals surface area contributed by atoms with E-state index in [0.717, 1.165) is 5.56 Å². The zero-order chi connectivity index (χ0) is 10.2. The largest absolute Gasteiger partial charge is 0.493 e. The topological polar surface area (TPSA) is 33.0 Å². The van der Waals surface area contributed by atoms with Gasteiger partial charge in [-0.3, -0.25) is 4.39 Å². The average molecular weight is 193 g/mol. The molecule has 0 saturated carbocycles. The van der Waals surface area contributed by atoms with Gasteiger partial charge in [0.2, 0.25) is 0 Å². The van der Waals surface area contributed by atoms with Gasteiger partial charge in [0.1, 0.15) is 5.75 Å². The minimum absolute atomic E-state index is 0.363. The maximum atomic E-state index is 11.8. The molecule has 0 aliphatic carbocycles. The summed E-state index contributed by atoms with van der Waals surface area (Å²) in [6, 6.07) is 9.37. The van der Waals surface area contributed by atoms with Crippen molar-refractivity contribution in [1.82, 2.24) is 0 Å². The second-order valence-electron chi connectivity index (χ2n) is 2.87. The molecule has 14 heavy (non-hydrogen) atoms. The van der Waals surface area contributed by atoms with E-state index in [9.17, 15) is 4.39 Å². The van der Waals surface area contributed by atoms with Crippen molar-refractivity contribution in [3.63, 3.8) is 0 Å². The zero-order valence-electron chi connectivity index (χ0n) is 7.87. The third-order valence-corrected chi connectivity index (χ3v) is 1.73. The van der Waals surface area contributed by atoms with Crippen LogP contribution in [0.15, 0.2) is 24.3 Å². The molecule has 1 aromatic rings. The van der Waals surface area contributed by atoms with E-state index in [1.807, 2.05) is 12.1 Å². The molecule has 0 atom stereocenters. The van der Waals surface area contributed by atoms with Crippen LogP contribution in [0.2, 0.25) is 0 Å². The van der Waals surface area contributed by atoms with Gasteiger partial charge in [-0.15, -0.1) is 0 Å². The first-order valence-electron chi connectivity index (χ1n) is 4.51. The Morgan fingerprint density at radius 3 is 3.00 bits per heavy atom. The quantitative estimate of drug-likeness (QED) is 0.673. The van der Waals surface area contributed by atoms with Gasteiger partial charge >= 0.3 is 0 Å². The van der Waals surface area contributed by atoms with Gasteiger partial charge in [0.25, 0.3) is 0 Å². The van der Waals surface area contributed by atoms with Crippen LogP contribution in [-0.2, 0) is 6.42 Å². The summed E-state index contributed by atoms with van der Waals surface area (Å²) >= 11 is 0. The van der Waals surface area contributed by atoms with E-state index in [4.69, 9.17) is 10.00 Å². The lowest BCUT2D eigenvalue weighted by molar-refractivity contribution is 0.289. The van der Waals surface area contributed by atoms with Crippen LogP contribution in [0.4, 0.5) is 4.39 Å². The first-order chi connectivity index (χ1) is 6.86. The molecule has 0 fully saturated rings. The smallest absolute Gasteiger partial charge is 0.119 e. The monoisotopic (exact) mass is 193 g/mol. The molecule has 0 amide bonds. The van der Waals surface area contributed by atoms with Crippen LogP contribution < -0.4 is 4.74 Å². The number of ether oxygens (including phenoxy) is 1. The van der Waals surface area contributed by atoms with Crippen molar-refractivity contribution in [2.75, 3.05) is 13.3 Å². The molecule has 1 rings (SSSR count). The second-order valence-corrected chi connectivity index (χ2v) is 2.87. The van der Waals surface area contributed by atoms with E-state index in [0.29, 0.717) is 25.2 Å². The van der Waals surface area contributed by atoms with Gasteiger partial charge in [-0.2, -0.15) is 5.26 Å². The van der Waals surface area contributed by atoms with E-state index >= 15 is 0 Å². The summed E-state index contributed by atoms with van der Waals surface area (Å²) in [5.41, 5.74) is 0.922. The maximum Gasteiger partial charge on any atom is 0.119 e. The van der Waals surface area contributed by atoms with Crippen molar-refractivity contribution in [2.24, 2.45) is 0 Å². The SMILES string of the molecule is N#CCc1cccc(OCCCF)c1. The molecular weight excluding hydrogens is 181 g/mol. The van der Waals surface area contributed by atoms with Crippen LogP contribution in [0.1, 0.15) is 12.0 Å². The minimum atomic E-state index is -0.363. The van der Waals surface area contributed by atoms with Crippen molar-refractivity contribution in [1.29, 1.82) is 5.26 Å². The third kappa shape index (κ3) is 3.44. The number of halogens is 1. The lowest BCUT2D eigenvalue weighted by atomic mass is 10.1. The summed E-state index contributed by atoms with van der Waals surface area (Å²) in [5, 5.41) is 8.48. The molecule has 0 bridgehead atoms. The summed E-state index contributed by atoms with van der Waals surface area (Å²) in [6.45, 7) is 0.0182. The number of benzene rings is 1. The number of hydrogen-bond donors (Lipinski definition) is 0. The van der Waals surface area contributed by atoms with Gasteiger partial charge in [0.05, 0.1) is 25.8 Å². The van der Waals surface area contributed by atoms with Crippen molar-refractivity contribution in [3.8, 4) is 11.8 Å². The number of alkyl halides is 1. The first kappa shape index (κ1) is 10.5. The summed E-state index contributed by atoms with van der Waals surface area (Å²) in [5.74, 6) is 0.700. The van der Waals surface area contributed by atoms with E-state index in [-0.39, 0.29) is 6.67 Å². The van der Waals surface area contributed by atoms with Crippen LogP contribution >= 0.6 is 0 Å². The molecule has 0 spiro atoms. The van der Waals surface area contributed by atoms with E-state index in [1.54, 1.807) is 12.1 Å². The summed E-state index contributed by atoms with van der Waals surface area (Å²) < 4.78 is 17.1. The minimum Gasteiger partial charge on any atom is -0.493 e. The molecule has 0 radical (unpaired) electrons. The van der Waals surface area contributed by atoms with Crippen molar-refractivity contribution in [2.45, 2.75) is 12.8 Å². The molecular formula is C11H12FNO. The van der Waals surface area contributed by atoms with Gasteiger partial charge in [-0.05, 0) is 17.7 Å². The standard InChI is InChI=1S/C11H12FNO/c12-6-2-8-14-11-4-1-3-10(9-11)5-7-13/h1,3-4,9H,2,5-6,8H2. The molecule has 0 heterocycles. The van der Waals surface area contributed by atoms with Gasteiger partial charge in [-0.25, -0.2) is 0 Å². The van der Waals surface area contributed by atoms with Crippen molar-refractivity contribution < 1.29 is 9.13 Å². The molecule has 2 nitrogen and oxygen atoms in total. The number of hydrogen-bond acceptors (Lipinski definition) is 2. The van der Waals surface area contributed by atoms with Gasteiger partial charge in [0, 0.05) is 6.42 Å². The highest BCUT2D eigenvalue weighted by Crippen LogP contribution is 2.13. The maximum absolute atomic E-state index is 11.8. The molecule has 0 saturated heterocycles. The average Bonchev–Trinajstić information content (AvgIpc) is 2.19. The Morgan fingerprint density at radius 2 is 2.29 bits per heavy atom. The van der Waals surface area contributed by atoms with Crippen molar-refractivity contribution in [3.05, 3.63) is 29.8 Å². The summed E-state index contributed by atoms with van der Waals surface area (Å²) in [6.07, 6.45) is 0.781.